The predicted octanol–water partition coefficient (Wildman–Crippen LogP) is 2.40. The fourth-order valence-electron chi connectivity index (χ4n) is 4.92. The molecule has 3 fully saturated rings. The molecular formula is C33H54O14. The molecule has 0 aromatic heterocycles. The first-order chi connectivity index (χ1) is 21.5. The van der Waals surface area contributed by atoms with Crippen molar-refractivity contribution in [2.45, 2.75) is 143 Å². The number of rotatable bonds is 10. The first-order valence-corrected chi connectivity index (χ1v) is 15.9. The SMILES string of the molecule is C=CCO[C@@H]1O[C@H](COC(=O)C(C)(C)C)[C@@H](O[C@@H]2O[C@H](COC(=O)C(C)(C)C)[C@@H]3OC(C)(C)O[C@@H]3[C@H]2O)[C@H](O)[C@H]1OC(=O)C(C)(C)C. The second-order valence-electron chi connectivity index (χ2n) is 15.7. The normalized spacial score (nSPS) is 34.2. The zero-order chi connectivity index (χ0) is 35.7. The Labute approximate surface area is 277 Å². The van der Waals surface area contributed by atoms with Crippen LogP contribution in [0, 0.1) is 16.2 Å². The summed E-state index contributed by atoms with van der Waals surface area (Å²) >= 11 is 0. The maximum Gasteiger partial charge on any atom is 0.311 e. The van der Waals surface area contributed by atoms with E-state index < -0.39 is 101 Å². The van der Waals surface area contributed by atoms with E-state index in [1.54, 1.807) is 76.2 Å². The van der Waals surface area contributed by atoms with Gasteiger partial charge in [0.25, 0.3) is 0 Å². The van der Waals surface area contributed by atoms with E-state index in [0.717, 1.165) is 0 Å². The van der Waals surface area contributed by atoms with Crippen molar-refractivity contribution in [3.63, 3.8) is 0 Å². The molecule has 3 rings (SSSR count). The number of carbonyl (C=O) groups excluding carboxylic acids is 3. The van der Waals surface area contributed by atoms with Gasteiger partial charge in [-0.3, -0.25) is 14.4 Å². The number of hydrogen-bond acceptors (Lipinski definition) is 14. The van der Waals surface area contributed by atoms with Crippen LogP contribution < -0.4 is 0 Å². The topological polar surface area (TPSA) is 175 Å². The minimum atomic E-state index is -1.62. The molecule has 3 aliphatic rings. The van der Waals surface area contributed by atoms with Crippen molar-refractivity contribution < 1.29 is 67.2 Å². The van der Waals surface area contributed by atoms with Gasteiger partial charge in [-0.05, 0) is 76.2 Å². The van der Waals surface area contributed by atoms with Crippen LogP contribution in [-0.2, 0) is 57.0 Å². The monoisotopic (exact) mass is 674 g/mol. The molecule has 0 spiro atoms. The van der Waals surface area contributed by atoms with Gasteiger partial charge in [0.15, 0.2) is 24.5 Å². The summed E-state index contributed by atoms with van der Waals surface area (Å²) in [6.45, 7) is 21.4. The lowest BCUT2D eigenvalue weighted by Gasteiger charge is -2.47. The summed E-state index contributed by atoms with van der Waals surface area (Å²) in [5, 5.41) is 23.2. The van der Waals surface area contributed by atoms with Crippen molar-refractivity contribution in [2.24, 2.45) is 16.2 Å². The molecule has 14 nitrogen and oxygen atoms in total. The van der Waals surface area contributed by atoms with Crippen molar-refractivity contribution in [1.29, 1.82) is 0 Å². The summed E-state index contributed by atoms with van der Waals surface area (Å²) in [7, 11) is 0. The maximum absolute atomic E-state index is 13.0. The van der Waals surface area contributed by atoms with Gasteiger partial charge in [-0.1, -0.05) is 6.08 Å². The van der Waals surface area contributed by atoms with Gasteiger partial charge in [-0.15, -0.1) is 6.58 Å². The van der Waals surface area contributed by atoms with E-state index in [0.29, 0.717) is 0 Å². The number of fused-ring (bicyclic) bond motifs is 1. The second-order valence-corrected chi connectivity index (χ2v) is 15.7. The Morgan fingerprint density at radius 1 is 0.723 bits per heavy atom. The highest BCUT2D eigenvalue weighted by Crippen LogP contribution is 2.40. The smallest absolute Gasteiger partial charge is 0.311 e. The molecule has 3 saturated heterocycles. The number of carbonyl (C=O) groups is 3. The zero-order valence-electron chi connectivity index (χ0n) is 29.5. The Kier molecular flexibility index (Phi) is 12.3. The third kappa shape index (κ3) is 9.94. The molecule has 0 radical (unpaired) electrons. The average Bonchev–Trinajstić information content (AvgIpc) is 3.27. The van der Waals surface area contributed by atoms with Crippen molar-refractivity contribution in [3.05, 3.63) is 12.7 Å². The van der Waals surface area contributed by atoms with E-state index >= 15 is 0 Å². The zero-order valence-corrected chi connectivity index (χ0v) is 29.5. The highest BCUT2D eigenvalue weighted by atomic mass is 16.8. The number of hydrogen-bond donors (Lipinski definition) is 2. The van der Waals surface area contributed by atoms with Gasteiger partial charge in [-0.25, -0.2) is 0 Å². The van der Waals surface area contributed by atoms with Gasteiger partial charge in [0.05, 0.1) is 22.9 Å². The Bertz CT molecular complexity index is 1110. The molecule has 2 N–H and O–H groups in total. The quantitative estimate of drug-likeness (QED) is 0.196. The molecule has 47 heavy (non-hydrogen) atoms. The third-order valence-electron chi connectivity index (χ3n) is 7.58. The molecule has 0 aliphatic carbocycles. The van der Waals surface area contributed by atoms with E-state index in [2.05, 4.69) is 6.58 Å². The fraction of sp³-hybridized carbons (Fsp3) is 0.848. The molecule has 0 unspecified atom stereocenters. The molecule has 0 saturated carbocycles. The highest BCUT2D eigenvalue weighted by molar-refractivity contribution is 5.76. The molecule has 270 valence electrons. The molecule has 10 atom stereocenters. The molecule has 0 aromatic carbocycles. The third-order valence-corrected chi connectivity index (χ3v) is 7.58. The minimum Gasteiger partial charge on any atom is -0.462 e. The van der Waals surface area contributed by atoms with E-state index in [9.17, 15) is 24.6 Å². The summed E-state index contributed by atoms with van der Waals surface area (Å²) in [5.74, 6) is -2.79. The van der Waals surface area contributed by atoms with Crippen LogP contribution in [0.2, 0.25) is 0 Å². The Balaban J connectivity index is 1.95. The number of ether oxygens (including phenoxy) is 9. The van der Waals surface area contributed by atoms with Crippen LogP contribution in [0.15, 0.2) is 12.7 Å². The van der Waals surface area contributed by atoms with Crippen molar-refractivity contribution >= 4 is 17.9 Å². The van der Waals surface area contributed by atoms with Crippen LogP contribution in [-0.4, -0.2) is 115 Å². The van der Waals surface area contributed by atoms with Crippen molar-refractivity contribution in [1.82, 2.24) is 0 Å². The number of aliphatic hydroxyl groups is 2. The van der Waals surface area contributed by atoms with Crippen molar-refractivity contribution in [2.75, 3.05) is 19.8 Å². The molecule has 0 amide bonds. The summed E-state index contributed by atoms with van der Waals surface area (Å²) in [6.07, 6.45) is -11.1. The fourth-order valence-corrected chi connectivity index (χ4v) is 4.92. The molecule has 3 heterocycles. The van der Waals surface area contributed by atoms with Crippen molar-refractivity contribution in [3.8, 4) is 0 Å². The molecular weight excluding hydrogens is 620 g/mol. The van der Waals surface area contributed by atoms with E-state index in [-0.39, 0.29) is 19.8 Å². The van der Waals surface area contributed by atoms with E-state index in [4.69, 9.17) is 42.6 Å². The van der Waals surface area contributed by atoms with Crippen LogP contribution in [0.5, 0.6) is 0 Å². The number of esters is 3. The lowest BCUT2D eigenvalue weighted by Crippen LogP contribution is -2.65. The van der Waals surface area contributed by atoms with Gasteiger partial charge in [-0.2, -0.15) is 0 Å². The Morgan fingerprint density at radius 3 is 1.72 bits per heavy atom. The Morgan fingerprint density at radius 2 is 1.21 bits per heavy atom. The molecule has 0 aromatic rings. The van der Waals surface area contributed by atoms with Gasteiger partial charge in [0, 0.05) is 0 Å². The van der Waals surface area contributed by atoms with Gasteiger partial charge < -0.3 is 52.8 Å². The van der Waals surface area contributed by atoms with Gasteiger partial charge in [0.1, 0.15) is 55.9 Å². The van der Waals surface area contributed by atoms with E-state index in [1.807, 2.05) is 0 Å². The maximum atomic E-state index is 13.0. The first-order valence-electron chi connectivity index (χ1n) is 15.9. The first kappa shape index (κ1) is 39.3. The highest BCUT2D eigenvalue weighted by Gasteiger charge is 2.58. The molecule has 3 aliphatic heterocycles. The lowest BCUT2D eigenvalue weighted by molar-refractivity contribution is -0.354. The minimum absolute atomic E-state index is 0.0173. The molecule has 14 heteroatoms. The largest absolute Gasteiger partial charge is 0.462 e. The van der Waals surface area contributed by atoms with Crippen LogP contribution >= 0.6 is 0 Å². The average molecular weight is 675 g/mol. The number of aliphatic hydroxyl groups excluding tert-OH is 2. The molecule has 0 bridgehead atoms. The van der Waals surface area contributed by atoms with Gasteiger partial charge >= 0.3 is 17.9 Å². The summed E-state index contributed by atoms with van der Waals surface area (Å²) in [5.41, 5.74) is -2.59. The second kappa shape index (κ2) is 14.8. The summed E-state index contributed by atoms with van der Waals surface area (Å²) < 4.78 is 53.0. The standard InChI is InChI=1S/C33H54O14/c1-13-14-39-26-24(45-29(38)32(8,9)10)19(34)21(17(43-26)15-40-27(36)30(2,3)4)44-25-20(35)23-22(46-33(11,12)47-23)18(42-25)16-41-28(37)31(5,6)7/h13,17-26,34-35H,1,14-16H2,2-12H3/t17-,18-,19+,20-,21-,22+,23-,24-,25+,26-/m1/s1. The predicted molar refractivity (Wildman–Crippen MR) is 164 cm³/mol. The van der Waals surface area contributed by atoms with Gasteiger partial charge in [0.2, 0.25) is 0 Å². The van der Waals surface area contributed by atoms with Crippen LogP contribution in [0.3, 0.4) is 0 Å². The van der Waals surface area contributed by atoms with Crippen LogP contribution in [0.1, 0.15) is 76.2 Å². The summed E-state index contributed by atoms with van der Waals surface area (Å²) in [6, 6.07) is 0. The Hall–Kier alpha value is -2.17. The summed E-state index contributed by atoms with van der Waals surface area (Å²) in [4.78, 5) is 38.3. The van der Waals surface area contributed by atoms with Crippen LogP contribution in [0.25, 0.3) is 0 Å². The lowest BCUT2D eigenvalue weighted by atomic mass is 9.94. The van der Waals surface area contributed by atoms with E-state index in [1.165, 1.54) is 6.08 Å². The van der Waals surface area contributed by atoms with Crippen LogP contribution in [0.4, 0.5) is 0 Å².